The minimum Gasteiger partial charge on any atom is -0.333 e. The van der Waals surface area contributed by atoms with Crippen LogP contribution in [0.5, 0.6) is 0 Å². The number of hydrogen-bond donors (Lipinski definition) is 2. The van der Waals surface area contributed by atoms with Crippen LogP contribution in [0.4, 0.5) is 11.4 Å². The van der Waals surface area contributed by atoms with Crippen molar-refractivity contribution in [3.63, 3.8) is 0 Å². The number of carbonyl (C=O) groups is 2. The molecule has 1 aromatic heterocycles. The number of amides is 2. The Hall–Kier alpha value is -3.23. The number of aliphatic imine (C=N–C) groups is 1. The average molecular weight is 466 g/mol. The van der Waals surface area contributed by atoms with E-state index < -0.39 is 5.41 Å². The maximum absolute atomic E-state index is 12.4. The third-order valence-electron chi connectivity index (χ3n) is 4.56. The number of carbonyl (C=O) groups excluding carboxylic acids is 2. The van der Waals surface area contributed by atoms with Crippen LogP contribution in [0.3, 0.4) is 0 Å². The number of rotatable bonds is 3. The van der Waals surface area contributed by atoms with Crippen molar-refractivity contribution >= 4 is 68.8 Å². The molecule has 2 aromatic carbocycles. The second-order valence-electron chi connectivity index (χ2n) is 8.16. The van der Waals surface area contributed by atoms with E-state index in [1.807, 2.05) is 39.0 Å². The van der Waals surface area contributed by atoms with Gasteiger partial charge in [-0.3, -0.25) is 19.6 Å². The summed E-state index contributed by atoms with van der Waals surface area (Å²) >= 11 is 7.52. The van der Waals surface area contributed by atoms with Crippen LogP contribution in [0.1, 0.15) is 26.3 Å². The Morgan fingerprint density at radius 1 is 1.06 bits per heavy atom. The van der Waals surface area contributed by atoms with Crippen LogP contribution in [0.15, 0.2) is 58.7 Å². The highest BCUT2D eigenvalue weighted by molar-refractivity contribution is 8.18. The summed E-state index contributed by atoms with van der Waals surface area (Å²) in [5.41, 5.74) is 2.97. The first kappa shape index (κ1) is 22.0. The van der Waals surface area contributed by atoms with E-state index in [-0.39, 0.29) is 11.8 Å². The predicted molar refractivity (Wildman–Crippen MR) is 131 cm³/mol. The molecule has 0 saturated heterocycles. The molecule has 162 valence electrons. The second kappa shape index (κ2) is 8.72. The van der Waals surface area contributed by atoms with Crippen molar-refractivity contribution in [3.8, 4) is 0 Å². The highest BCUT2D eigenvalue weighted by Crippen LogP contribution is 2.33. The summed E-state index contributed by atoms with van der Waals surface area (Å²) in [4.78, 5) is 37.8. The van der Waals surface area contributed by atoms with E-state index in [9.17, 15) is 9.59 Å². The standard InChI is InChI=1S/C23H20ClN5O2S/c1-23(2,3)21(31)27-14-5-6-15(24)17(12-14)28-22-29-20(30)19(32-22)11-13-4-7-16-18(10-13)26-9-8-25-16/h4-12H,1-3H3,(H,27,31)(H,28,29,30)/b19-11-. The van der Waals surface area contributed by atoms with Crippen molar-refractivity contribution in [1.29, 1.82) is 0 Å². The molecular weight excluding hydrogens is 446 g/mol. The molecular formula is C23H20ClN5O2S. The van der Waals surface area contributed by atoms with Crippen molar-refractivity contribution in [3.05, 3.63) is 64.3 Å². The Labute approximate surface area is 194 Å². The van der Waals surface area contributed by atoms with E-state index in [4.69, 9.17) is 11.6 Å². The first-order valence-electron chi connectivity index (χ1n) is 9.80. The van der Waals surface area contributed by atoms with Gasteiger partial charge in [0.1, 0.15) is 0 Å². The summed E-state index contributed by atoms with van der Waals surface area (Å²) in [5, 5.41) is 6.80. The van der Waals surface area contributed by atoms with Crippen molar-refractivity contribution < 1.29 is 9.59 Å². The van der Waals surface area contributed by atoms with E-state index in [0.717, 1.165) is 16.6 Å². The van der Waals surface area contributed by atoms with E-state index in [0.29, 0.717) is 26.5 Å². The van der Waals surface area contributed by atoms with Crippen LogP contribution in [-0.4, -0.2) is 26.9 Å². The maximum atomic E-state index is 12.4. The van der Waals surface area contributed by atoms with Crippen molar-refractivity contribution in [2.24, 2.45) is 10.4 Å². The summed E-state index contributed by atoms with van der Waals surface area (Å²) in [5.74, 6) is -0.455. The van der Waals surface area contributed by atoms with Gasteiger partial charge < -0.3 is 10.6 Å². The lowest BCUT2D eigenvalue weighted by atomic mass is 9.95. The third-order valence-corrected chi connectivity index (χ3v) is 5.79. The molecule has 2 amide bonds. The molecule has 7 nitrogen and oxygen atoms in total. The Morgan fingerprint density at radius 2 is 1.81 bits per heavy atom. The predicted octanol–water partition coefficient (Wildman–Crippen LogP) is 5.35. The van der Waals surface area contributed by atoms with Crippen LogP contribution < -0.4 is 10.6 Å². The Bertz CT molecular complexity index is 1300. The second-order valence-corrected chi connectivity index (χ2v) is 9.60. The van der Waals surface area contributed by atoms with E-state index >= 15 is 0 Å². The molecule has 0 radical (unpaired) electrons. The smallest absolute Gasteiger partial charge is 0.286 e. The zero-order valence-electron chi connectivity index (χ0n) is 17.6. The Balaban J connectivity index is 1.50. The zero-order valence-corrected chi connectivity index (χ0v) is 19.2. The molecule has 1 aliphatic rings. The number of benzene rings is 2. The first-order valence-corrected chi connectivity index (χ1v) is 11.0. The lowest BCUT2D eigenvalue weighted by molar-refractivity contribution is -0.123. The van der Waals surface area contributed by atoms with E-state index in [1.54, 1.807) is 36.7 Å². The van der Waals surface area contributed by atoms with Gasteiger partial charge in [-0.1, -0.05) is 38.4 Å². The number of fused-ring (bicyclic) bond motifs is 1. The van der Waals surface area contributed by atoms with Crippen LogP contribution in [0.2, 0.25) is 5.02 Å². The lowest BCUT2D eigenvalue weighted by Crippen LogP contribution is -2.27. The fourth-order valence-electron chi connectivity index (χ4n) is 2.82. The topological polar surface area (TPSA) is 96.3 Å². The monoisotopic (exact) mass is 465 g/mol. The number of thioether (sulfide) groups is 1. The first-order chi connectivity index (χ1) is 15.2. The number of hydrogen-bond acceptors (Lipinski definition) is 6. The fraction of sp³-hybridized carbons (Fsp3) is 0.174. The third kappa shape index (κ3) is 4.98. The lowest BCUT2D eigenvalue weighted by Gasteiger charge is -2.18. The molecule has 0 aliphatic carbocycles. The molecule has 4 rings (SSSR count). The highest BCUT2D eigenvalue weighted by Gasteiger charge is 2.24. The average Bonchev–Trinajstić information content (AvgIpc) is 3.08. The fourth-order valence-corrected chi connectivity index (χ4v) is 3.81. The van der Waals surface area contributed by atoms with Gasteiger partial charge in [0.2, 0.25) is 5.91 Å². The van der Waals surface area contributed by atoms with Crippen LogP contribution >= 0.6 is 23.4 Å². The number of amidine groups is 1. The summed E-state index contributed by atoms with van der Waals surface area (Å²) < 4.78 is 0. The largest absolute Gasteiger partial charge is 0.333 e. The molecule has 0 saturated carbocycles. The minimum absolute atomic E-state index is 0.112. The van der Waals surface area contributed by atoms with Gasteiger partial charge in [0, 0.05) is 23.5 Å². The quantitative estimate of drug-likeness (QED) is 0.506. The Morgan fingerprint density at radius 3 is 2.56 bits per heavy atom. The van der Waals surface area contributed by atoms with Gasteiger partial charge in [-0.25, -0.2) is 0 Å². The number of halogens is 1. The molecule has 2 heterocycles. The summed E-state index contributed by atoms with van der Waals surface area (Å²) in [6, 6.07) is 10.7. The van der Waals surface area contributed by atoms with Gasteiger partial charge in [0.15, 0.2) is 5.17 Å². The summed E-state index contributed by atoms with van der Waals surface area (Å²) in [7, 11) is 0. The van der Waals surface area contributed by atoms with Crippen LogP contribution in [0.25, 0.3) is 17.1 Å². The number of anilines is 2. The normalized spacial score (nSPS) is 15.2. The van der Waals surface area contributed by atoms with Crippen LogP contribution in [-0.2, 0) is 9.59 Å². The molecule has 1 aliphatic heterocycles. The molecule has 0 bridgehead atoms. The molecule has 0 spiro atoms. The zero-order chi connectivity index (χ0) is 22.9. The van der Waals surface area contributed by atoms with Gasteiger partial charge in [-0.15, -0.1) is 0 Å². The van der Waals surface area contributed by atoms with Gasteiger partial charge in [-0.2, -0.15) is 4.99 Å². The highest BCUT2D eigenvalue weighted by atomic mass is 35.5. The van der Waals surface area contributed by atoms with Gasteiger partial charge in [0.25, 0.3) is 5.91 Å². The number of nitrogens with one attached hydrogen (secondary N) is 2. The van der Waals surface area contributed by atoms with Crippen molar-refractivity contribution in [2.75, 3.05) is 10.6 Å². The van der Waals surface area contributed by atoms with Crippen molar-refractivity contribution in [2.45, 2.75) is 20.8 Å². The molecule has 9 heteroatoms. The number of aromatic nitrogens is 2. The molecule has 0 fully saturated rings. The Kier molecular flexibility index (Phi) is 5.99. The summed E-state index contributed by atoms with van der Waals surface area (Å²) in [6.45, 7) is 5.51. The van der Waals surface area contributed by atoms with Crippen molar-refractivity contribution in [1.82, 2.24) is 9.97 Å². The summed E-state index contributed by atoms with van der Waals surface area (Å²) in [6.07, 6.45) is 5.03. The molecule has 0 atom stereocenters. The van der Waals surface area contributed by atoms with Crippen LogP contribution in [0, 0.1) is 5.41 Å². The molecule has 0 unspecified atom stereocenters. The molecule has 2 N–H and O–H groups in total. The van der Waals surface area contributed by atoms with Gasteiger partial charge >= 0.3 is 0 Å². The minimum atomic E-state index is -0.529. The van der Waals surface area contributed by atoms with Gasteiger partial charge in [0.05, 0.1) is 26.6 Å². The SMILES string of the molecule is CC(C)(C)C(=O)Nc1ccc(Cl)c(NC2=NC(=O)/C(=C/c3ccc4nccnc4c3)S2)c1. The molecule has 32 heavy (non-hydrogen) atoms. The number of nitrogens with zero attached hydrogens (tertiary/aromatic N) is 3. The van der Waals surface area contributed by atoms with Gasteiger partial charge in [-0.05, 0) is 53.7 Å². The maximum Gasteiger partial charge on any atom is 0.286 e. The van der Waals surface area contributed by atoms with E-state index in [2.05, 4.69) is 25.6 Å². The molecule has 3 aromatic rings. The van der Waals surface area contributed by atoms with E-state index in [1.165, 1.54) is 11.8 Å².